The first-order valence-corrected chi connectivity index (χ1v) is 11.4. The van der Waals surface area contributed by atoms with E-state index in [9.17, 15) is 5.11 Å². The summed E-state index contributed by atoms with van der Waals surface area (Å²) in [4.78, 5) is 4.78. The van der Waals surface area contributed by atoms with Crippen molar-refractivity contribution in [1.82, 2.24) is 4.98 Å². The van der Waals surface area contributed by atoms with Gasteiger partial charge < -0.3 is 5.11 Å². The van der Waals surface area contributed by atoms with Crippen molar-refractivity contribution in [1.29, 1.82) is 0 Å². The van der Waals surface area contributed by atoms with E-state index in [1.54, 1.807) is 17.4 Å². The van der Waals surface area contributed by atoms with E-state index in [1.165, 1.54) is 37.9 Å². The molecule has 7 rings (SSSR count). The highest BCUT2D eigenvalue weighted by Crippen LogP contribution is 2.43. The molecule has 0 aliphatic heterocycles. The number of aromatic nitrogens is 1. The molecule has 0 radical (unpaired) electrons. The molecule has 1 heterocycles. The van der Waals surface area contributed by atoms with Crippen LogP contribution in [0.4, 0.5) is 0 Å². The molecule has 0 fully saturated rings. The summed E-state index contributed by atoms with van der Waals surface area (Å²) in [7, 11) is 0. The lowest BCUT2D eigenvalue weighted by atomic mass is 9.88. The third-order valence-electron chi connectivity index (χ3n) is 6.34. The van der Waals surface area contributed by atoms with Crippen molar-refractivity contribution in [2.75, 3.05) is 0 Å². The molecular formula is C29H17NOS. The van der Waals surface area contributed by atoms with Gasteiger partial charge in [-0.25, -0.2) is 4.98 Å². The van der Waals surface area contributed by atoms with Gasteiger partial charge in [0.2, 0.25) is 0 Å². The number of thiazole rings is 1. The summed E-state index contributed by atoms with van der Waals surface area (Å²) in [6.07, 6.45) is 0. The smallest absolute Gasteiger partial charge is 0.128 e. The Morgan fingerprint density at radius 1 is 0.625 bits per heavy atom. The third kappa shape index (κ3) is 2.49. The second-order valence-electron chi connectivity index (χ2n) is 8.19. The molecule has 0 atom stereocenters. The molecule has 0 aliphatic carbocycles. The summed E-state index contributed by atoms with van der Waals surface area (Å²) in [5.74, 6) is 0.255. The van der Waals surface area contributed by atoms with Gasteiger partial charge in [0.25, 0.3) is 0 Å². The van der Waals surface area contributed by atoms with Crippen LogP contribution in [0.1, 0.15) is 0 Å². The maximum absolute atomic E-state index is 10.7. The lowest BCUT2D eigenvalue weighted by Crippen LogP contribution is -1.88. The number of para-hydroxylation sites is 1. The molecule has 0 saturated heterocycles. The Balaban J connectivity index is 1.53. The van der Waals surface area contributed by atoms with Crippen molar-refractivity contribution in [2.24, 2.45) is 0 Å². The highest BCUT2D eigenvalue weighted by molar-refractivity contribution is 7.21. The van der Waals surface area contributed by atoms with Crippen LogP contribution in [0.2, 0.25) is 0 Å². The van der Waals surface area contributed by atoms with Crippen molar-refractivity contribution in [2.45, 2.75) is 0 Å². The number of rotatable bonds is 2. The summed E-state index contributed by atoms with van der Waals surface area (Å²) >= 11 is 1.61. The second kappa shape index (κ2) is 6.52. The molecule has 1 aromatic heterocycles. The van der Waals surface area contributed by atoms with Crippen LogP contribution in [0.25, 0.3) is 64.2 Å². The van der Waals surface area contributed by atoms with Gasteiger partial charge in [0, 0.05) is 0 Å². The fraction of sp³-hybridized carbons (Fsp3) is 0. The Labute approximate surface area is 188 Å². The van der Waals surface area contributed by atoms with E-state index in [0.29, 0.717) is 0 Å². The number of fused-ring (bicyclic) bond motifs is 1. The number of aromatic hydroxyl groups is 1. The quantitative estimate of drug-likeness (QED) is 0.282. The predicted molar refractivity (Wildman–Crippen MR) is 136 cm³/mol. The number of nitrogens with zero attached hydrogens (tertiary/aromatic N) is 1. The van der Waals surface area contributed by atoms with E-state index >= 15 is 0 Å². The van der Waals surface area contributed by atoms with Crippen molar-refractivity contribution in [3.8, 4) is 27.4 Å². The van der Waals surface area contributed by atoms with E-state index in [-0.39, 0.29) is 5.75 Å². The molecule has 1 N–H and O–H groups in total. The van der Waals surface area contributed by atoms with Gasteiger partial charge in [0.15, 0.2) is 0 Å². The number of hydrogen-bond acceptors (Lipinski definition) is 3. The van der Waals surface area contributed by atoms with E-state index in [1.807, 2.05) is 24.3 Å². The van der Waals surface area contributed by atoms with Crippen molar-refractivity contribution >= 4 is 53.9 Å². The normalized spacial score (nSPS) is 11.9. The molecule has 150 valence electrons. The van der Waals surface area contributed by atoms with Crippen LogP contribution in [-0.2, 0) is 0 Å². The fourth-order valence-corrected chi connectivity index (χ4v) is 5.85. The molecular weight excluding hydrogens is 410 g/mol. The lowest BCUT2D eigenvalue weighted by Gasteiger charge is -2.15. The van der Waals surface area contributed by atoms with Crippen LogP contribution in [0.3, 0.4) is 0 Å². The zero-order valence-electron chi connectivity index (χ0n) is 17.0. The van der Waals surface area contributed by atoms with Crippen molar-refractivity contribution in [3.05, 3.63) is 97.1 Å². The minimum absolute atomic E-state index is 0.255. The highest BCUT2D eigenvalue weighted by atomic mass is 32.1. The molecule has 0 unspecified atom stereocenters. The first kappa shape index (κ1) is 17.7. The molecule has 6 aromatic carbocycles. The Bertz CT molecular complexity index is 1760. The molecule has 0 aliphatic rings. The number of phenolic OH excluding ortho intramolecular Hbond substituents is 1. The van der Waals surface area contributed by atoms with Crippen LogP contribution >= 0.6 is 11.3 Å². The standard InChI is InChI=1S/C29H17NOS/c31-25-14-13-19(15-23(25)29-30-24-9-1-2-10-26(24)32-29)22-16-20-7-3-5-17-11-12-18-6-4-8-21(22)28(18)27(17)20/h1-16,31H. The van der Waals surface area contributed by atoms with Crippen LogP contribution < -0.4 is 0 Å². The largest absolute Gasteiger partial charge is 0.507 e. The summed E-state index contributed by atoms with van der Waals surface area (Å²) in [5.41, 5.74) is 3.98. The average molecular weight is 428 g/mol. The van der Waals surface area contributed by atoms with E-state index in [0.717, 1.165) is 26.4 Å². The van der Waals surface area contributed by atoms with Gasteiger partial charge >= 0.3 is 0 Å². The fourth-order valence-electron chi connectivity index (χ4n) is 4.86. The average Bonchev–Trinajstić information content (AvgIpc) is 3.27. The van der Waals surface area contributed by atoms with Gasteiger partial charge in [-0.05, 0) is 73.8 Å². The Morgan fingerprint density at radius 2 is 1.41 bits per heavy atom. The number of hydrogen-bond donors (Lipinski definition) is 1. The molecule has 0 spiro atoms. The Morgan fingerprint density at radius 3 is 2.28 bits per heavy atom. The molecule has 3 heteroatoms. The Kier molecular flexibility index (Phi) is 3.61. The van der Waals surface area contributed by atoms with Gasteiger partial charge in [0.1, 0.15) is 10.8 Å². The SMILES string of the molecule is Oc1ccc(-c2cc3cccc4ccc5cccc2c5c43)cc1-c1nc2ccccc2s1. The molecule has 7 aromatic rings. The number of phenols is 1. The lowest BCUT2D eigenvalue weighted by molar-refractivity contribution is 0.477. The van der Waals surface area contributed by atoms with Gasteiger partial charge in [-0.1, -0.05) is 66.7 Å². The van der Waals surface area contributed by atoms with Crippen molar-refractivity contribution in [3.63, 3.8) is 0 Å². The van der Waals surface area contributed by atoms with E-state index in [2.05, 4.69) is 66.7 Å². The minimum Gasteiger partial charge on any atom is -0.507 e. The highest BCUT2D eigenvalue weighted by Gasteiger charge is 2.16. The molecule has 0 bridgehead atoms. The molecule has 32 heavy (non-hydrogen) atoms. The maximum atomic E-state index is 10.7. The second-order valence-corrected chi connectivity index (χ2v) is 9.22. The Hall–Kier alpha value is -3.95. The molecule has 2 nitrogen and oxygen atoms in total. The van der Waals surface area contributed by atoms with E-state index < -0.39 is 0 Å². The van der Waals surface area contributed by atoms with Crippen LogP contribution in [0.5, 0.6) is 5.75 Å². The van der Waals surface area contributed by atoms with Crippen LogP contribution in [-0.4, -0.2) is 10.1 Å². The van der Waals surface area contributed by atoms with Crippen LogP contribution in [0.15, 0.2) is 97.1 Å². The van der Waals surface area contributed by atoms with Gasteiger partial charge in [0.05, 0.1) is 15.8 Å². The summed E-state index contributed by atoms with van der Waals surface area (Å²) in [6, 6.07) is 33.6. The van der Waals surface area contributed by atoms with E-state index in [4.69, 9.17) is 4.98 Å². The maximum Gasteiger partial charge on any atom is 0.128 e. The van der Waals surface area contributed by atoms with Crippen LogP contribution in [0, 0.1) is 0 Å². The molecule has 0 saturated carbocycles. The zero-order valence-corrected chi connectivity index (χ0v) is 17.9. The van der Waals surface area contributed by atoms with Gasteiger partial charge in [-0.3, -0.25) is 0 Å². The molecule has 0 amide bonds. The first-order valence-electron chi connectivity index (χ1n) is 10.6. The zero-order chi connectivity index (χ0) is 21.2. The summed E-state index contributed by atoms with van der Waals surface area (Å²) in [6.45, 7) is 0. The number of benzene rings is 6. The first-order chi connectivity index (χ1) is 15.8. The van der Waals surface area contributed by atoms with Gasteiger partial charge in [-0.15, -0.1) is 11.3 Å². The monoisotopic (exact) mass is 427 g/mol. The minimum atomic E-state index is 0.255. The summed E-state index contributed by atoms with van der Waals surface area (Å²) in [5, 5.41) is 19.1. The third-order valence-corrected chi connectivity index (χ3v) is 7.41. The predicted octanol–water partition coefficient (Wildman–Crippen LogP) is 8.23. The van der Waals surface area contributed by atoms with Crippen molar-refractivity contribution < 1.29 is 5.11 Å². The topological polar surface area (TPSA) is 33.1 Å². The summed E-state index contributed by atoms with van der Waals surface area (Å²) < 4.78 is 1.12. The van der Waals surface area contributed by atoms with Gasteiger partial charge in [-0.2, -0.15) is 0 Å².